The predicted molar refractivity (Wildman–Crippen MR) is 84.9 cm³/mol. The summed E-state index contributed by atoms with van der Waals surface area (Å²) in [6, 6.07) is 0. The second kappa shape index (κ2) is 10.2. The Bertz CT molecular complexity index is 434. The minimum absolute atomic E-state index is 0.00821. The molecule has 6 atom stereocenters. The molecule has 1 aliphatic heterocycles. The summed E-state index contributed by atoms with van der Waals surface area (Å²) in [7, 11) is 0. The average Bonchev–Trinajstić information content (AvgIpc) is 2.58. The molecule has 8 heteroatoms. The molecule has 0 aliphatic carbocycles. The second-order valence-corrected chi connectivity index (χ2v) is 5.94. The summed E-state index contributed by atoms with van der Waals surface area (Å²) in [5, 5.41) is 57.1. The molecule has 24 heavy (non-hydrogen) atoms. The SMILES string of the molecule is C/C(=C\C[C@H](O)/C(C)=C/CO[C@@H]1O[C@H](CO)[C@H](O)[C@H](O)[C@H]1O)CO. The maximum atomic E-state index is 9.97. The lowest BCUT2D eigenvalue weighted by Crippen LogP contribution is -2.59. The van der Waals surface area contributed by atoms with Crippen LogP contribution in [0.25, 0.3) is 0 Å². The van der Waals surface area contributed by atoms with Gasteiger partial charge in [-0.1, -0.05) is 17.7 Å². The largest absolute Gasteiger partial charge is 0.394 e. The number of hydrogen-bond donors (Lipinski definition) is 6. The Balaban J connectivity index is 2.52. The maximum Gasteiger partial charge on any atom is 0.187 e. The van der Waals surface area contributed by atoms with Crippen LogP contribution in [0.3, 0.4) is 0 Å². The van der Waals surface area contributed by atoms with Crippen LogP contribution in [0, 0.1) is 0 Å². The van der Waals surface area contributed by atoms with Gasteiger partial charge in [0.1, 0.15) is 24.4 Å². The number of aliphatic hydroxyl groups excluding tert-OH is 6. The van der Waals surface area contributed by atoms with E-state index in [0.717, 1.165) is 5.57 Å². The summed E-state index contributed by atoms with van der Waals surface area (Å²) < 4.78 is 10.5. The summed E-state index contributed by atoms with van der Waals surface area (Å²) in [5.41, 5.74) is 1.40. The molecule has 1 rings (SSSR count). The van der Waals surface area contributed by atoms with Crippen molar-refractivity contribution >= 4 is 0 Å². The summed E-state index contributed by atoms with van der Waals surface area (Å²) in [6.07, 6.45) is -3.60. The van der Waals surface area contributed by atoms with Crippen molar-refractivity contribution in [2.75, 3.05) is 19.8 Å². The van der Waals surface area contributed by atoms with Crippen LogP contribution in [0.15, 0.2) is 23.3 Å². The normalized spacial score (nSPS) is 33.6. The van der Waals surface area contributed by atoms with E-state index in [-0.39, 0.29) is 13.2 Å². The van der Waals surface area contributed by atoms with Gasteiger partial charge in [0.15, 0.2) is 6.29 Å². The van der Waals surface area contributed by atoms with E-state index in [1.807, 2.05) is 0 Å². The second-order valence-electron chi connectivity index (χ2n) is 5.94. The first kappa shape index (κ1) is 21.2. The molecule has 8 nitrogen and oxygen atoms in total. The summed E-state index contributed by atoms with van der Waals surface area (Å²) >= 11 is 0. The smallest absolute Gasteiger partial charge is 0.187 e. The lowest BCUT2D eigenvalue weighted by Gasteiger charge is -2.39. The molecule has 0 saturated carbocycles. The van der Waals surface area contributed by atoms with Crippen molar-refractivity contribution in [3.8, 4) is 0 Å². The van der Waals surface area contributed by atoms with Crippen molar-refractivity contribution in [3.05, 3.63) is 23.3 Å². The highest BCUT2D eigenvalue weighted by Gasteiger charge is 2.43. The third-order valence-corrected chi connectivity index (χ3v) is 3.98. The van der Waals surface area contributed by atoms with Gasteiger partial charge >= 0.3 is 0 Å². The molecule has 140 valence electrons. The van der Waals surface area contributed by atoms with Crippen molar-refractivity contribution in [1.82, 2.24) is 0 Å². The first-order valence-corrected chi connectivity index (χ1v) is 7.85. The van der Waals surface area contributed by atoms with E-state index in [9.17, 15) is 20.4 Å². The molecule has 0 aromatic heterocycles. The van der Waals surface area contributed by atoms with Gasteiger partial charge in [-0.25, -0.2) is 0 Å². The Labute approximate surface area is 141 Å². The molecule has 1 heterocycles. The van der Waals surface area contributed by atoms with Gasteiger partial charge in [-0.2, -0.15) is 0 Å². The average molecular weight is 348 g/mol. The van der Waals surface area contributed by atoms with Crippen molar-refractivity contribution in [2.24, 2.45) is 0 Å². The van der Waals surface area contributed by atoms with Crippen LogP contribution in [0.1, 0.15) is 20.3 Å². The van der Waals surface area contributed by atoms with Gasteiger partial charge in [-0.15, -0.1) is 0 Å². The molecule has 6 N–H and O–H groups in total. The molecule has 1 fully saturated rings. The molecular weight excluding hydrogens is 320 g/mol. The number of rotatable bonds is 8. The zero-order valence-electron chi connectivity index (χ0n) is 13.9. The predicted octanol–water partition coefficient (Wildman–Crippen LogP) is -1.56. The first-order chi connectivity index (χ1) is 11.3. The standard InChI is InChI=1S/C16H28O8/c1-9(7-17)3-4-11(19)10(2)5-6-23-16-15(22)14(21)13(20)12(8-18)24-16/h3,5,11-22H,4,6-8H2,1-2H3/b9-3+,10-5+/t11-,12+,13-,14-,15+,16+/m0/s1. The third kappa shape index (κ3) is 5.91. The quantitative estimate of drug-likeness (QED) is 0.289. The van der Waals surface area contributed by atoms with E-state index in [1.54, 1.807) is 26.0 Å². The monoisotopic (exact) mass is 348 g/mol. The van der Waals surface area contributed by atoms with Crippen molar-refractivity contribution < 1.29 is 40.1 Å². The van der Waals surface area contributed by atoms with Crippen LogP contribution in [-0.2, 0) is 9.47 Å². The van der Waals surface area contributed by atoms with Gasteiger partial charge in [0.2, 0.25) is 0 Å². The molecule has 1 saturated heterocycles. The lowest BCUT2D eigenvalue weighted by atomic mass is 9.99. The molecule has 0 radical (unpaired) electrons. The number of aliphatic hydroxyl groups is 6. The highest BCUT2D eigenvalue weighted by Crippen LogP contribution is 2.22. The van der Waals surface area contributed by atoms with Gasteiger partial charge in [0.05, 0.1) is 25.9 Å². The maximum absolute atomic E-state index is 9.97. The van der Waals surface area contributed by atoms with E-state index in [2.05, 4.69) is 0 Å². The minimum Gasteiger partial charge on any atom is -0.394 e. The highest BCUT2D eigenvalue weighted by atomic mass is 16.7. The van der Waals surface area contributed by atoms with Gasteiger partial charge < -0.3 is 40.1 Å². The Morgan fingerprint density at radius 3 is 2.33 bits per heavy atom. The van der Waals surface area contributed by atoms with Gasteiger partial charge in [-0.3, -0.25) is 0 Å². The molecule has 0 amide bonds. The minimum atomic E-state index is -1.48. The third-order valence-electron chi connectivity index (χ3n) is 3.98. The Morgan fingerprint density at radius 1 is 1.08 bits per heavy atom. The van der Waals surface area contributed by atoms with Crippen molar-refractivity contribution in [3.63, 3.8) is 0 Å². The zero-order chi connectivity index (χ0) is 18.3. The van der Waals surface area contributed by atoms with Gasteiger partial charge in [0.25, 0.3) is 0 Å². The Morgan fingerprint density at radius 2 is 1.75 bits per heavy atom. The highest BCUT2D eigenvalue weighted by molar-refractivity contribution is 5.09. The van der Waals surface area contributed by atoms with Gasteiger partial charge in [0, 0.05) is 0 Å². The van der Waals surface area contributed by atoms with Crippen LogP contribution < -0.4 is 0 Å². The molecule has 0 aromatic rings. The lowest BCUT2D eigenvalue weighted by molar-refractivity contribution is -0.298. The topological polar surface area (TPSA) is 140 Å². The van der Waals surface area contributed by atoms with Crippen LogP contribution in [0.2, 0.25) is 0 Å². The van der Waals surface area contributed by atoms with Crippen LogP contribution in [-0.4, -0.2) is 87.3 Å². The van der Waals surface area contributed by atoms with E-state index in [0.29, 0.717) is 12.0 Å². The fraction of sp³-hybridized carbons (Fsp3) is 0.750. The first-order valence-electron chi connectivity index (χ1n) is 7.85. The van der Waals surface area contributed by atoms with Gasteiger partial charge in [-0.05, 0) is 25.8 Å². The molecule has 1 aliphatic rings. The summed E-state index contributed by atoms with van der Waals surface area (Å²) in [5.74, 6) is 0. The fourth-order valence-electron chi connectivity index (χ4n) is 2.18. The van der Waals surface area contributed by atoms with E-state index >= 15 is 0 Å². The van der Waals surface area contributed by atoms with Crippen LogP contribution in [0.4, 0.5) is 0 Å². The number of ether oxygens (including phenoxy) is 2. The molecule has 0 bridgehead atoms. The molecule has 0 spiro atoms. The summed E-state index contributed by atoms with van der Waals surface area (Å²) in [6.45, 7) is 2.90. The Hall–Kier alpha value is -0.840. The fourth-order valence-corrected chi connectivity index (χ4v) is 2.18. The van der Waals surface area contributed by atoms with Crippen LogP contribution in [0.5, 0.6) is 0 Å². The van der Waals surface area contributed by atoms with Crippen molar-refractivity contribution in [2.45, 2.75) is 57.1 Å². The molecule has 0 aromatic carbocycles. The van der Waals surface area contributed by atoms with E-state index in [4.69, 9.17) is 19.7 Å². The van der Waals surface area contributed by atoms with Crippen LogP contribution >= 0.6 is 0 Å². The van der Waals surface area contributed by atoms with Crippen molar-refractivity contribution in [1.29, 1.82) is 0 Å². The molecule has 0 unspecified atom stereocenters. The zero-order valence-corrected chi connectivity index (χ0v) is 13.9. The summed E-state index contributed by atoms with van der Waals surface area (Å²) in [4.78, 5) is 0. The molecular formula is C16H28O8. The van der Waals surface area contributed by atoms with E-state index < -0.39 is 43.4 Å². The van der Waals surface area contributed by atoms with E-state index in [1.165, 1.54) is 0 Å². The Kier molecular flexibility index (Phi) is 9.03. The number of hydrogen-bond acceptors (Lipinski definition) is 8.